The van der Waals surface area contributed by atoms with Gasteiger partial charge in [0, 0.05) is 19.0 Å². The predicted molar refractivity (Wildman–Crippen MR) is 105 cm³/mol. The molecule has 0 radical (unpaired) electrons. The van der Waals surface area contributed by atoms with Crippen LogP contribution in [0.2, 0.25) is 0 Å². The molecule has 2 aromatic rings. The Morgan fingerprint density at radius 3 is 2.54 bits per heavy atom. The molecule has 3 unspecified atom stereocenters. The number of hydrogen-bond donors (Lipinski definition) is 2. The number of nitrogens with one attached hydrogen (secondary N) is 1. The molecular formula is C20H28N4O4. The number of aliphatic carboxylic acids is 1. The van der Waals surface area contributed by atoms with Crippen LogP contribution in [0.15, 0.2) is 9.59 Å². The molecule has 0 amide bonds. The van der Waals surface area contributed by atoms with Crippen LogP contribution in [0.1, 0.15) is 70.5 Å². The summed E-state index contributed by atoms with van der Waals surface area (Å²) in [5.41, 5.74) is -0.355. The molecule has 0 aliphatic heterocycles. The fourth-order valence-corrected chi connectivity index (χ4v) is 5.27. The molecule has 2 fully saturated rings. The monoisotopic (exact) mass is 388 g/mol. The van der Waals surface area contributed by atoms with E-state index < -0.39 is 11.4 Å². The minimum absolute atomic E-state index is 0.117. The molecule has 8 heteroatoms. The molecule has 0 aromatic carbocycles. The van der Waals surface area contributed by atoms with E-state index in [-0.39, 0.29) is 23.1 Å². The van der Waals surface area contributed by atoms with Crippen LogP contribution in [0.3, 0.4) is 0 Å². The lowest BCUT2D eigenvalue weighted by Gasteiger charge is -2.33. The topological polar surface area (TPSA) is 110 Å². The maximum atomic E-state index is 12.9. The second-order valence-electron chi connectivity index (χ2n) is 8.45. The van der Waals surface area contributed by atoms with Gasteiger partial charge in [-0.3, -0.25) is 18.7 Å². The fourth-order valence-electron chi connectivity index (χ4n) is 5.27. The summed E-state index contributed by atoms with van der Waals surface area (Å²) in [6, 6.07) is 0. The maximum Gasteiger partial charge on any atom is 0.332 e. The maximum absolute atomic E-state index is 12.9. The zero-order chi connectivity index (χ0) is 20.1. The van der Waals surface area contributed by atoms with Crippen molar-refractivity contribution in [1.29, 1.82) is 0 Å². The quantitative estimate of drug-likeness (QED) is 0.790. The molecule has 2 saturated carbocycles. The molecule has 2 bridgehead atoms. The Kier molecular flexibility index (Phi) is 4.67. The van der Waals surface area contributed by atoms with Crippen LogP contribution < -0.4 is 11.2 Å². The van der Waals surface area contributed by atoms with Crippen LogP contribution in [0.25, 0.3) is 11.2 Å². The first-order valence-electron chi connectivity index (χ1n) is 10.4. The van der Waals surface area contributed by atoms with Gasteiger partial charge in [0.1, 0.15) is 11.3 Å². The summed E-state index contributed by atoms with van der Waals surface area (Å²) < 4.78 is 2.90. The highest BCUT2D eigenvalue weighted by Gasteiger charge is 2.51. The van der Waals surface area contributed by atoms with Crippen molar-refractivity contribution in [3.8, 4) is 0 Å². The first-order chi connectivity index (χ1) is 13.4. The Morgan fingerprint density at radius 1 is 1.18 bits per heavy atom. The van der Waals surface area contributed by atoms with Gasteiger partial charge in [-0.05, 0) is 50.9 Å². The number of nitrogens with zero attached hydrogens (tertiary/aromatic N) is 3. The second-order valence-corrected chi connectivity index (χ2v) is 8.45. The molecule has 3 atom stereocenters. The van der Waals surface area contributed by atoms with Gasteiger partial charge in [0.2, 0.25) is 0 Å². The molecule has 2 N–H and O–H groups in total. The van der Waals surface area contributed by atoms with E-state index in [1.165, 1.54) is 4.57 Å². The minimum Gasteiger partial charge on any atom is -0.481 e. The number of aromatic amines is 1. The summed E-state index contributed by atoms with van der Waals surface area (Å²) in [5, 5.41) is 9.62. The van der Waals surface area contributed by atoms with Crippen LogP contribution in [0.5, 0.6) is 0 Å². The zero-order valence-electron chi connectivity index (χ0n) is 16.5. The fraction of sp³-hybridized carbons (Fsp3) is 0.700. The van der Waals surface area contributed by atoms with E-state index in [0.29, 0.717) is 49.9 Å². The summed E-state index contributed by atoms with van der Waals surface area (Å²) in [5.74, 6) is 0.426. The summed E-state index contributed by atoms with van der Waals surface area (Å²) >= 11 is 0. The number of aromatic nitrogens is 4. The molecule has 2 aliphatic rings. The van der Waals surface area contributed by atoms with Gasteiger partial charge in [0.05, 0.1) is 5.41 Å². The second kappa shape index (κ2) is 6.90. The standard InChI is InChI=1S/C20H28N4O4/c1-3-9-23-16-14(17(25)24(10-4-2)19(23)28)21-15(22-16)13-6-8-20(18(26)27)7-5-12(13)11-20/h12-13H,3-11H2,1-2H3,(H,21,22)(H,26,27). The van der Waals surface area contributed by atoms with Crippen molar-refractivity contribution in [2.45, 2.75) is 77.8 Å². The Labute approximate surface area is 162 Å². The molecule has 4 rings (SSSR count). The van der Waals surface area contributed by atoms with Crippen molar-refractivity contribution in [1.82, 2.24) is 19.1 Å². The Hall–Kier alpha value is -2.38. The molecular weight excluding hydrogens is 360 g/mol. The van der Waals surface area contributed by atoms with Crippen molar-refractivity contribution in [2.24, 2.45) is 11.3 Å². The average molecular weight is 388 g/mol. The average Bonchev–Trinajstić information content (AvgIpc) is 3.26. The van der Waals surface area contributed by atoms with E-state index in [9.17, 15) is 19.5 Å². The number of rotatable bonds is 6. The molecule has 28 heavy (non-hydrogen) atoms. The van der Waals surface area contributed by atoms with Crippen molar-refractivity contribution in [3.63, 3.8) is 0 Å². The Balaban J connectivity index is 1.79. The molecule has 0 spiro atoms. The van der Waals surface area contributed by atoms with Crippen LogP contribution in [-0.4, -0.2) is 30.2 Å². The number of aryl methyl sites for hydroxylation is 1. The SMILES string of the molecule is CCCn1c(=O)c2[nH]c(C3CCC4(C(=O)O)CCC3C4)nc2n(CCC)c1=O. The van der Waals surface area contributed by atoms with Crippen molar-refractivity contribution >= 4 is 17.1 Å². The molecule has 2 heterocycles. The van der Waals surface area contributed by atoms with Gasteiger partial charge in [-0.1, -0.05) is 13.8 Å². The number of carbonyl (C=O) groups is 1. The molecule has 2 aromatic heterocycles. The highest BCUT2D eigenvalue weighted by molar-refractivity contribution is 5.75. The predicted octanol–water partition coefficient (Wildman–Crippen LogP) is 2.45. The third-order valence-corrected chi connectivity index (χ3v) is 6.73. The van der Waals surface area contributed by atoms with Crippen LogP contribution in [0, 0.1) is 11.3 Å². The van der Waals surface area contributed by atoms with Crippen molar-refractivity contribution in [2.75, 3.05) is 0 Å². The lowest BCUT2D eigenvalue weighted by molar-refractivity contribution is -0.150. The van der Waals surface area contributed by atoms with E-state index in [2.05, 4.69) is 4.98 Å². The molecule has 2 aliphatic carbocycles. The van der Waals surface area contributed by atoms with E-state index in [0.717, 1.165) is 25.1 Å². The van der Waals surface area contributed by atoms with Crippen molar-refractivity contribution < 1.29 is 9.90 Å². The third-order valence-electron chi connectivity index (χ3n) is 6.73. The van der Waals surface area contributed by atoms with Gasteiger partial charge in [-0.25, -0.2) is 9.78 Å². The third kappa shape index (κ3) is 2.72. The summed E-state index contributed by atoms with van der Waals surface area (Å²) in [6.45, 7) is 4.83. The summed E-state index contributed by atoms with van der Waals surface area (Å²) in [7, 11) is 0. The largest absolute Gasteiger partial charge is 0.481 e. The lowest BCUT2D eigenvalue weighted by atomic mass is 9.71. The number of H-pyrrole nitrogens is 1. The summed E-state index contributed by atoms with van der Waals surface area (Å²) in [6.07, 6.45) is 5.13. The minimum atomic E-state index is -0.683. The Morgan fingerprint density at radius 2 is 1.86 bits per heavy atom. The smallest absolute Gasteiger partial charge is 0.332 e. The van der Waals surface area contributed by atoms with Gasteiger partial charge in [-0.2, -0.15) is 0 Å². The molecule has 0 saturated heterocycles. The first kappa shape index (κ1) is 19.0. The van der Waals surface area contributed by atoms with E-state index in [1.807, 2.05) is 13.8 Å². The highest BCUT2D eigenvalue weighted by Crippen LogP contribution is 2.56. The van der Waals surface area contributed by atoms with E-state index in [1.54, 1.807) is 4.57 Å². The van der Waals surface area contributed by atoms with Crippen LogP contribution >= 0.6 is 0 Å². The van der Waals surface area contributed by atoms with E-state index >= 15 is 0 Å². The van der Waals surface area contributed by atoms with Gasteiger partial charge in [0.15, 0.2) is 5.65 Å². The van der Waals surface area contributed by atoms with Crippen LogP contribution in [-0.2, 0) is 17.9 Å². The van der Waals surface area contributed by atoms with E-state index in [4.69, 9.17) is 4.98 Å². The molecule has 152 valence electrons. The van der Waals surface area contributed by atoms with Crippen LogP contribution in [0.4, 0.5) is 0 Å². The van der Waals surface area contributed by atoms with Crippen molar-refractivity contribution in [3.05, 3.63) is 26.7 Å². The normalized spacial score (nSPS) is 26.8. The molecule has 8 nitrogen and oxygen atoms in total. The van der Waals surface area contributed by atoms with Gasteiger partial charge < -0.3 is 10.1 Å². The number of imidazole rings is 1. The lowest BCUT2D eigenvalue weighted by Crippen LogP contribution is -2.40. The van der Waals surface area contributed by atoms with Gasteiger partial charge >= 0.3 is 11.7 Å². The number of carboxylic acid groups (broad SMARTS) is 1. The Bertz CT molecular complexity index is 1030. The zero-order valence-corrected chi connectivity index (χ0v) is 16.5. The highest BCUT2D eigenvalue weighted by atomic mass is 16.4. The number of hydrogen-bond acceptors (Lipinski definition) is 4. The van der Waals surface area contributed by atoms with Gasteiger partial charge in [0.25, 0.3) is 5.56 Å². The van der Waals surface area contributed by atoms with Gasteiger partial charge in [-0.15, -0.1) is 0 Å². The summed E-state index contributed by atoms with van der Waals surface area (Å²) in [4.78, 5) is 45.4. The number of carboxylic acids is 1. The number of fused-ring (bicyclic) bond motifs is 3. The first-order valence-corrected chi connectivity index (χ1v) is 10.4.